The lowest BCUT2D eigenvalue weighted by Crippen LogP contribution is -2.33. The molecule has 2 aromatic heterocycles. The average molecular weight is 314 g/mol. The number of rotatable bonds is 4. The maximum absolute atomic E-state index is 4.46. The predicted octanol–water partition coefficient (Wildman–Crippen LogP) is 3.61. The maximum Gasteiger partial charge on any atom is 0.141 e. The van der Waals surface area contributed by atoms with Gasteiger partial charge in [-0.05, 0) is 26.8 Å². The van der Waals surface area contributed by atoms with E-state index in [0.717, 1.165) is 22.5 Å². The van der Waals surface area contributed by atoms with Gasteiger partial charge in [0.1, 0.15) is 17.0 Å². The molecule has 2 rings (SSSR count). The first-order valence-corrected chi connectivity index (χ1v) is 7.61. The Balaban J connectivity index is 2.51. The van der Waals surface area contributed by atoms with Gasteiger partial charge < -0.3 is 4.90 Å². The Bertz CT molecular complexity index is 509. The van der Waals surface area contributed by atoms with E-state index in [-0.39, 0.29) is 0 Å². The Morgan fingerprint density at radius 1 is 1.41 bits per heavy atom. The summed E-state index contributed by atoms with van der Waals surface area (Å²) in [6.07, 6.45) is 1.66. The van der Waals surface area contributed by atoms with Crippen molar-refractivity contribution in [3.63, 3.8) is 0 Å². The molecule has 0 radical (unpaired) electrons. The van der Waals surface area contributed by atoms with Crippen molar-refractivity contribution >= 4 is 43.3 Å². The molecule has 5 heteroatoms. The van der Waals surface area contributed by atoms with Gasteiger partial charge in [-0.25, -0.2) is 9.97 Å². The fourth-order valence-electron chi connectivity index (χ4n) is 1.89. The van der Waals surface area contributed by atoms with Crippen LogP contribution in [0.4, 0.5) is 5.82 Å². The summed E-state index contributed by atoms with van der Waals surface area (Å²) < 4.78 is 0. The number of hydrogen-bond donors (Lipinski definition) is 0. The van der Waals surface area contributed by atoms with Crippen LogP contribution in [0.5, 0.6) is 0 Å². The average Bonchev–Trinajstić information content (AvgIpc) is 2.65. The molecule has 2 aromatic rings. The first-order chi connectivity index (χ1) is 8.13. The summed E-state index contributed by atoms with van der Waals surface area (Å²) in [5.74, 6) is 1.05. The Kier molecular flexibility index (Phi) is 3.99. The Hall–Kier alpha value is -0.680. The van der Waals surface area contributed by atoms with Gasteiger partial charge in [0.25, 0.3) is 0 Å². The largest absolute Gasteiger partial charge is 0.353 e. The highest BCUT2D eigenvalue weighted by Crippen LogP contribution is 2.30. The number of anilines is 1. The molecule has 0 N–H and O–H groups in total. The van der Waals surface area contributed by atoms with Gasteiger partial charge in [0, 0.05) is 22.8 Å². The van der Waals surface area contributed by atoms with E-state index in [4.69, 9.17) is 0 Å². The second kappa shape index (κ2) is 5.31. The van der Waals surface area contributed by atoms with E-state index in [2.05, 4.69) is 57.6 Å². The standard InChI is InChI=1S/C12H16BrN3S/c1-8(2)16(5-4-13)11-10-6-9(3)17-12(10)15-7-14-11/h6-8H,4-5H2,1-3H3. The van der Waals surface area contributed by atoms with Gasteiger partial charge >= 0.3 is 0 Å². The van der Waals surface area contributed by atoms with Crippen molar-refractivity contribution in [2.75, 3.05) is 16.8 Å². The van der Waals surface area contributed by atoms with Gasteiger partial charge in [-0.3, -0.25) is 0 Å². The van der Waals surface area contributed by atoms with Crippen LogP contribution in [0.2, 0.25) is 0 Å². The van der Waals surface area contributed by atoms with E-state index in [1.165, 1.54) is 10.3 Å². The molecule has 0 saturated carbocycles. The summed E-state index contributed by atoms with van der Waals surface area (Å²) in [5, 5.41) is 2.12. The Morgan fingerprint density at radius 3 is 2.82 bits per heavy atom. The number of aromatic nitrogens is 2. The van der Waals surface area contributed by atoms with E-state index in [0.29, 0.717) is 6.04 Å². The van der Waals surface area contributed by atoms with Gasteiger partial charge in [0.2, 0.25) is 0 Å². The molecule has 0 aliphatic rings. The second-order valence-electron chi connectivity index (χ2n) is 4.25. The van der Waals surface area contributed by atoms with E-state index < -0.39 is 0 Å². The highest BCUT2D eigenvalue weighted by molar-refractivity contribution is 9.09. The van der Waals surface area contributed by atoms with Crippen molar-refractivity contribution in [3.8, 4) is 0 Å². The van der Waals surface area contributed by atoms with Crippen molar-refractivity contribution in [2.24, 2.45) is 0 Å². The Labute approximate surface area is 114 Å². The summed E-state index contributed by atoms with van der Waals surface area (Å²) in [6.45, 7) is 7.45. The number of thiophene rings is 1. The molecule has 0 aliphatic carbocycles. The highest BCUT2D eigenvalue weighted by Gasteiger charge is 2.16. The summed E-state index contributed by atoms with van der Waals surface area (Å²) in [4.78, 5) is 13.5. The molecule has 92 valence electrons. The third kappa shape index (κ3) is 2.60. The van der Waals surface area contributed by atoms with Crippen molar-refractivity contribution in [1.29, 1.82) is 0 Å². The van der Waals surface area contributed by atoms with Crippen molar-refractivity contribution in [2.45, 2.75) is 26.8 Å². The smallest absolute Gasteiger partial charge is 0.141 e. The van der Waals surface area contributed by atoms with Crippen LogP contribution in [0.25, 0.3) is 10.2 Å². The van der Waals surface area contributed by atoms with Gasteiger partial charge in [0.15, 0.2) is 0 Å². The molecule has 0 fully saturated rings. The lowest BCUT2D eigenvalue weighted by Gasteiger charge is -2.27. The lowest BCUT2D eigenvalue weighted by molar-refractivity contribution is 0.700. The van der Waals surface area contributed by atoms with Gasteiger partial charge in [-0.2, -0.15) is 0 Å². The maximum atomic E-state index is 4.46. The van der Waals surface area contributed by atoms with E-state index >= 15 is 0 Å². The molecule has 2 heterocycles. The summed E-state index contributed by atoms with van der Waals surface area (Å²) in [5.41, 5.74) is 0. The normalized spacial score (nSPS) is 11.4. The van der Waals surface area contributed by atoms with Crippen LogP contribution in [0.1, 0.15) is 18.7 Å². The molecular weight excluding hydrogens is 298 g/mol. The zero-order valence-corrected chi connectivity index (χ0v) is 12.7. The lowest BCUT2D eigenvalue weighted by atomic mass is 10.2. The second-order valence-corrected chi connectivity index (χ2v) is 6.28. The number of hydrogen-bond acceptors (Lipinski definition) is 4. The number of halogens is 1. The minimum Gasteiger partial charge on any atom is -0.353 e. The molecular formula is C12H16BrN3S. The minimum atomic E-state index is 0.436. The van der Waals surface area contributed by atoms with Gasteiger partial charge in [-0.1, -0.05) is 15.9 Å². The molecule has 0 saturated heterocycles. The molecule has 0 aliphatic heterocycles. The van der Waals surface area contributed by atoms with E-state index in [1.54, 1.807) is 17.7 Å². The van der Waals surface area contributed by atoms with Crippen LogP contribution >= 0.6 is 27.3 Å². The molecule has 0 spiro atoms. The van der Waals surface area contributed by atoms with Crippen LogP contribution in [0.15, 0.2) is 12.4 Å². The minimum absolute atomic E-state index is 0.436. The molecule has 17 heavy (non-hydrogen) atoms. The van der Waals surface area contributed by atoms with Crippen molar-refractivity contribution in [1.82, 2.24) is 9.97 Å². The van der Waals surface area contributed by atoms with E-state index in [9.17, 15) is 0 Å². The summed E-state index contributed by atoms with van der Waals surface area (Å²) >= 11 is 5.23. The van der Waals surface area contributed by atoms with Crippen LogP contribution in [-0.2, 0) is 0 Å². The van der Waals surface area contributed by atoms with Gasteiger partial charge in [-0.15, -0.1) is 11.3 Å². The van der Waals surface area contributed by atoms with Crippen LogP contribution in [-0.4, -0.2) is 27.9 Å². The number of nitrogens with zero attached hydrogens (tertiary/aromatic N) is 3. The quantitative estimate of drug-likeness (QED) is 0.807. The zero-order valence-electron chi connectivity index (χ0n) is 10.3. The summed E-state index contributed by atoms with van der Waals surface area (Å²) in [6, 6.07) is 2.62. The third-order valence-electron chi connectivity index (χ3n) is 2.65. The summed E-state index contributed by atoms with van der Waals surface area (Å²) in [7, 11) is 0. The van der Waals surface area contributed by atoms with Crippen LogP contribution in [0, 0.1) is 6.92 Å². The first-order valence-electron chi connectivity index (χ1n) is 5.67. The van der Waals surface area contributed by atoms with E-state index in [1.807, 2.05) is 0 Å². The number of fused-ring (bicyclic) bond motifs is 1. The van der Waals surface area contributed by atoms with Crippen molar-refractivity contribution in [3.05, 3.63) is 17.3 Å². The molecule has 0 atom stereocenters. The van der Waals surface area contributed by atoms with Gasteiger partial charge in [0.05, 0.1) is 5.39 Å². The first kappa shape index (κ1) is 12.8. The van der Waals surface area contributed by atoms with Crippen molar-refractivity contribution < 1.29 is 0 Å². The number of alkyl halides is 1. The third-order valence-corrected chi connectivity index (χ3v) is 3.97. The molecule has 0 aromatic carbocycles. The fraction of sp³-hybridized carbons (Fsp3) is 0.500. The monoisotopic (exact) mass is 313 g/mol. The van der Waals surface area contributed by atoms with Crippen LogP contribution < -0.4 is 4.90 Å². The zero-order chi connectivity index (χ0) is 12.4. The topological polar surface area (TPSA) is 29.0 Å². The fourth-order valence-corrected chi connectivity index (χ4v) is 3.12. The van der Waals surface area contributed by atoms with Crippen LogP contribution in [0.3, 0.4) is 0 Å². The molecule has 3 nitrogen and oxygen atoms in total. The Morgan fingerprint density at radius 2 is 2.18 bits per heavy atom. The highest BCUT2D eigenvalue weighted by atomic mass is 79.9. The molecule has 0 unspecified atom stereocenters. The molecule has 0 amide bonds. The number of aryl methyl sites for hydroxylation is 1. The predicted molar refractivity (Wildman–Crippen MR) is 78.4 cm³/mol. The SMILES string of the molecule is Cc1cc2c(N(CCBr)C(C)C)ncnc2s1. The molecule has 0 bridgehead atoms.